The molecule has 236 valence electrons. The Labute approximate surface area is 259 Å². The SMILES string of the molecule is Cc1nn(CCCCC2CNC(C)(C)C2)cc1SNC(=O)c1ccc(N2C=CC(OCCC3(C(F)(F)F)CC3)N2)nc1Cl. The van der Waals surface area contributed by atoms with Crippen molar-refractivity contribution >= 4 is 35.3 Å². The van der Waals surface area contributed by atoms with E-state index in [1.807, 2.05) is 17.8 Å². The Morgan fingerprint density at radius 1 is 1.28 bits per heavy atom. The van der Waals surface area contributed by atoms with E-state index in [0.717, 1.165) is 42.4 Å². The van der Waals surface area contributed by atoms with Gasteiger partial charge in [0.2, 0.25) is 0 Å². The van der Waals surface area contributed by atoms with Crippen LogP contribution in [-0.2, 0) is 11.3 Å². The first-order chi connectivity index (χ1) is 20.3. The number of carbonyl (C=O) groups is 1. The van der Waals surface area contributed by atoms with Crippen molar-refractivity contribution in [3.63, 3.8) is 0 Å². The van der Waals surface area contributed by atoms with Crippen molar-refractivity contribution in [1.82, 2.24) is 30.2 Å². The number of anilines is 1. The van der Waals surface area contributed by atoms with Crippen molar-refractivity contribution in [1.29, 1.82) is 0 Å². The molecule has 43 heavy (non-hydrogen) atoms. The monoisotopic (exact) mass is 641 g/mol. The zero-order valence-corrected chi connectivity index (χ0v) is 26.2. The van der Waals surface area contributed by atoms with E-state index in [1.54, 1.807) is 29.4 Å². The third kappa shape index (κ3) is 8.05. The van der Waals surface area contributed by atoms with Crippen molar-refractivity contribution in [2.45, 2.75) is 95.1 Å². The van der Waals surface area contributed by atoms with Gasteiger partial charge in [-0.15, -0.1) is 0 Å². The summed E-state index contributed by atoms with van der Waals surface area (Å²) in [5, 5.41) is 9.74. The van der Waals surface area contributed by atoms with Crippen LogP contribution in [0.15, 0.2) is 35.5 Å². The lowest BCUT2D eigenvalue weighted by atomic mass is 9.93. The van der Waals surface area contributed by atoms with Crippen LogP contribution in [0.4, 0.5) is 19.0 Å². The quantitative estimate of drug-likeness (QED) is 0.136. The predicted molar refractivity (Wildman–Crippen MR) is 160 cm³/mol. The molecule has 1 aliphatic carbocycles. The molecule has 2 atom stereocenters. The summed E-state index contributed by atoms with van der Waals surface area (Å²) in [6.07, 6.45) is 5.37. The first-order valence-electron chi connectivity index (χ1n) is 14.7. The van der Waals surface area contributed by atoms with Gasteiger partial charge in [0.25, 0.3) is 5.91 Å². The summed E-state index contributed by atoms with van der Waals surface area (Å²) in [7, 11) is 0. The van der Waals surface area contributed by atoms with E-state index in [0.29, 0.717) is 5.82 Å². The maximum Gasteiger partial charge on any atom is 0.394 e. The third-order valence-electron chi connectivity index (χ3n) is 8.41. The highest BCUT2D eigenvalue weighted by atomic mass is 35.5. The summed E-state index contributed by atoms with van der Waals surface area (Å²) < 4.78 is 49.7. The predicted octanol–water partition coefficient (Wildman–Crippen LogP) is 6.15. The van der Waals surface area contributed by atoms with Gasteiger partial charge in [-0.25, -0.2) is 4.98 Å². The number of alkyl halides is 3. The van der Waals surface area contributed by atoms with Gasteiger partial charge in [0.15, 0.2) is 0 Å². The Kier molecular flexibility index (Phi) is 9.67. The molecule has 2 aromatic rings. The number of pyridine rings is 1. The minimum Gasteiger partial charge on any atom is -0.358 e. The van der Waals surface area contributed by atoms with Gasteiger partial charge in [0.05, 0.1) is 21.6 Å². The molecule has 1 amide bonds. The number of ether oxygens (including phenoxy) is 1. The number of hydrogen-bond acceptors (Lipinski definition) is 8. The van der Waals surface area contributed by atoms with Crippen molar-refractivity contribution in [3.8, 4) is 0 Å². The van der Waals surface area contributed by atoms with E-state index < -0.39 is 17.8 Å². The van der Waals surface area contributed by atoms with Crippen LogP contribution in [0.1, 0.15) is 74.8 Å². The number of hydrazine groups is 1. The Hall–Kier alpha value is -2.32. The van der Waals surface area contributed by atoms with Gasteiger partial charge in [0.1, 0.15) is 17.2 Å². The standard InChI is InChI=1S/C29H39ClF3N7O2S/c1-19-22(18-39(36-19)13-5-4-6-20-16-27(2,3)34-17-20)43-38-26(41)21-7-8-23(35-25(21)30)40-14-9-24(37-40)42-15-12-28(10-11-28)29(31,32)33/h7-9,14,18,20,24,34,37H,4-6,10-13,15-17H2,1-3H3,(H,38,41). The van der Waals surface area contributed by atoms with Crippen LogP contribution >= 0.6 is 23.5 Å². The molecule has 5 rings (SSSR count). The fourth-order valence-electron chi connectivity index (χ4n) is 5.63. The molecule has 4 heterocycles. The molecule has 3 aliphatic rings. The highest BCUT2D eigenvalue weighted by Crippen LogP contribution is 2.59. The average Bonchev–Trinajstić information content (AvgIpc) is 3.26. The third-order valence-corrected chi connectivity index (χ3v) is 9.60. The Balaban J connectivity index is 1.04. The topological polar surface area (TPSA) is 96.3 Å². The zero-order valence-electron chi connectivity index (χ0n) is 24.6. The first kappa shape index (κ1) is 32.1. The summed E-state index contributed by atoms with van der Waals surface area (Å²) in [6.45, 7) is 8.33. The summed E-state index contributed by atoms with van der Waals surface area (Å²) >= 11 is 7.54. The number of carbonyl (C=O) groups excluding carboxylic acids is 1. The number of nitrogens with zero attached hydrogens (tertiary/aromatic N) is 4. The van der Waals surface area contributed by atoms with E-state index >= 15 is 0 Å². The summed E-state index contributed by atoms with van der Waals surface area (Å²) in [5.41, 5.74) is 2.70. The molecule has 9 nitrogen and oxygen atoms in total. The molecule has 2 unspecified atom stereocenters. The molecule has 2 aliphatic heterocycles. The largest absolute Gasteiger partial charge is 0.394 e. The second kappa shape index (κ2) is 13.0. The molecule has 1 saturated carbocycles. The molecule has 0 spiro atoms. The number of rotatable bonds is 13. The van der Waals surface area contributed by atoms with Gasteiger partial charge in [-0.3, -0.25) is 19.2 Å². The lowest BCUT2D eigenvalue weighted by Crippen LogP contribution is -2.38. The van der Waals surface area contributed by atoms with E-state index in [2.05, 4.69) is 39.4 Å². The van der Waals surface area contributed by atoms with Gasteiger partial charge in [-0.05, 0) is 102 Å². The molecule has 2 fully saturated rings. The molecule has 14 heteroatoms. The Morgan fingerprint density at radius 2 is 2.07 bits per heavy atom. The fraction of sp³-hybridized carbons (Fsp3) is 0.621. The summed E-state index contributed by atoms with van der Waals surface area (Å²) in [6, 6.07) is 3.20. The highest BCUT2D eigenvalue weighted by Gasteiger charge is 2.62. The van der Waals surface area contributed by atoms with Gasteiger partial charge in [0, 0.05) is 31.1 Å². The Bertz CT molecular complexity index is 1330. The normalized spacial score (nSPS) is 22.3. The average molecular weight is 642 g/mol. The van der Waals surface area contributed by atoms with Crippen molar-refractivity contribution < 1.29 is 22.7 Å². The number of hydrogen-bond donors (Lipinski definition) is 3. The molecular formula is C29H39ClF3N7O2S. The second-order valence-corrected chi connectivity index (χ2v) is 13.6. The van der Waals surface area contributed by atoms with Gasteiger partial charge < -0.3 is 10.1 Å². The van der Waals surface area contributed by atoms with E-state index in [1.165, 1.54) is 24.8 Å². The number of nitrogens with one attached hydrogen (secondary N) is 3. The van der Waals surface area contributed by atoms with Crippen LogP contribution in [0.5, 0.6) is 0 Å². The van der Waals surface area contributed by atoms with Crippen LogP contribution in [0, 0.1) is 18.3 Å². The number of aromatic nitrogens is 3. The number of unbranched alkanes of at least 4 members (excludes halogenated alkanes) is 1. The van der Waals surface area contributed by atoms with Crippen LogP contribution in [0.25, 0.3) is 0 Å². The van der Waals surface area contributed by atoms with E-state index in [9.17, 15) is 18.0 Å². The minimum atomic E-state index is -4.19. The zero-order chi connectivity index (χ0) is 30.8. The molecule has 0 radical (unpaired) electrons. The van der Waals surface area contributed by atoms with E-state index in [4.69, 9.17) is 16.3 Å². The van der Waals surface area contributed by atoms with Crippen LogP contribution in [0.2, 0.25) is 5.15 Å². The van der Waals surface area contributed by atoms with Gasteiger partial charge >= 0.3 is 6.18 Å². The smallest absolute Gasteiger partial charge is 0.358 e. The van der Waals surface area contributed by atoms with Crippen molar-refractivity contribution in [3.05, 3.63) is 47.0 Å². The van der Waals surface area contributed by atoms with Crippen molar-refractivity contribution in [2.75, 3.05) is 18.2 Å². The maximum absolute atomic E-state index is 13.1. The lowest BCUT2D eigenvalue weighted by molar-refractivity contribution is -0.192. The molecule has 3 N–H and O–H groups in total. The lowest BCUT2D eigenvalue weighted by Gasteiger charge is -2.22. The van der Waals surface area contributed by atoms with Gasteiger partial charge in [-0.2, -0.15) is 23.7 Å². The first-order valence-corrected chi connectivity index (χ1v) is 15.9. The summed E-state index contributed by atoms with van der Waals surface area (Å²) in [5.74, 6) is 0.758. The van der Waals surface area contributed by atoms with Crippen molar-refractivity contribution in [2.24, 2.45) is 11.3 Å². The summed E-state index contributed by atoms with van der Waals surface area (Å²) in [4.78, 5) is 18.0. The number of halogens is 4. The van der Waals surface area contributed by atoms with Crippen LogP contribution in [-0.4, -0.2) is 51.8 Å². The number of aryl methyl sites for hydroxylation is 2. The second-order valence-electron chi connectivity index (χ2n) is 12.4. The molecule has 0 aromatic carbocycles. The molecule has 0 bridgehead atoms. The molecule has 2 aromatic heterocycles. The Morgan fingerprint density at radius 3 is 2.74 bits per heavy atom. The minimum absolute atomic E-state index is 0.0179. The highest BCUT2D eigenvalue weighted by molar-refractivity contribution is 7.98. The number of amides is 1. The maximum atomic E-state index is 13.1. The fourth-order valence-corrected chi connectivity index (χ4v) is 6.54. The van der Waals surface area contributed by atoms with Crippen LogP contribution in [0.3, 0.4) is 0 Å². The molecular weight excluding hydrogens is 603 g/mol. The van der Waals surface area contributed by atoms with Gasteiger partial charge in [-0.1, -0.05) is 18.0 Å². The van der Waals surface area contributed by atoms with E-state index in [-0.39, 0.29) is 48.0 Å². The molecule has 1 saturated heterocycles. The van der Waals surface area contributed by atoms with Crippen LogP contribution < -0.4 is 20.5 Å².